The third kappa shape index (κ3) is 4.72. The maximum atomic E-state index is 12.4. The number of ether oxygens (including phenoxy) is 2. The highest BCUT2D eigenvalue weighted by Gasteiger charge is 2.18. The molecule has 0 heterocycles. The molecule has 0 bridgehead atoms. The zero-order valence-corrected chi connectivity index (χ0v) is 15.2. The summed E-state index contributed by atoms with van der Waals surface area (Å²) in [5.74, 6) is 1.07. The van der Waals surface area contributed by atoms with Gasteiger partial charge in [0, 0.05) is 6.54 Å². The van der Waals surface area contributed by atoms with Crippen molar-refractivity contribution in [1.29, 1.82) is 0 Å². The number of methoxy groups -OCH3 is 1. The van der Waals surface area contributed by atoms with Gasteiger partial charge in [-0.2, -0.15) is 0 Å². The summed E-state index contributed by atoms with van der Waals surface area (Å²) >= 11 is 0. The molecule has 0 aliphatic rings. The molecule has 0 aliphatic heterocycles. The van der Waals surface area contributed by atoms with Crippen LogP contribution in [-0.2, 0) is 10.0 Å². The van der Waals surface area contributed by atoms with Gasteiger partial charge in [-0.1, -0.05) is 12.1 Å². The zero-order chi connectivity index (χ0) is 17.7. The average molecular weight is 349 g/mol. The molecule has 1 N–H and O–H groups in total. The van der Waals surface area contributed by atoms with E-state index in [9.17, 15) is 8.42 Å². The quantitative estimate of drug-likeness (QED) is 0.781. The van der Waals surface area contributed by atoms with E-state index in [0.29, 0.717) is 5.75 Å². The summed E-state index contributed by atoms with van der Waals surface area (Å²) < 4.78 is 38.1. The van der Waals surface area contributed by atoms with Crippen LogP contribution >= 0.6 is 0 Å². The van der Waals surface area contributed by atoms with Gasteiger partial charge < -0.3 is 9.47 Å². The summed E-state index contributed by atoms with van der Waals surface area (Å²) in [6, 6.07) is 10.9. The van der Waals surface area contributed by atoms with Gasteiger partial charge in [0.2, 0.25) is 10.0 Å². The highest BCUT2D eigenvalue weighted by molar-refractivity contribution is 7.89. The van der Waals surface area contributed by atoms with Crippen LogP contribution in [0.15, 0.2) is 41.3 Å². The Morgan fingerprint density at radius 2 is 1.62 bits per heavy atom. The van der Waals surface area contributed by atoms with Crippen molar-refractivity contribution in [2.45, 2.75) is 25.7 Å². The minimum Gasteiger partial charge on any atom is -0.495 e. The van der Waals surface area contributed by atoms with Gasteiger partial charge in [0.1, 0.15) is 23.0 Å². The molecular weight excluding hydrogens is 326 g/mol. The van der Waals surface area contributed by atoms with Crippen molar-refractivity contribution >= 4 is 10.0 Å². The second-order valence-electron chi connectivity index (χ2n) is 5.72. The Morgan fingerprint density at radius 1 is 0.958 bits per heavy atom. The third-order valence-electron chi connectivity index (χ3n) is 3.47. The fraction of sp³-hybridized carbons (Fsp3) is 0.333. The SMILES string of the molecule is COc1cc(C)ccc1S(=O)(=O)NCCOc1cc(C)cc(C)c1. The fourth-order valence-corrected chi connectivity index (χ4v) is 3.60. The molecule has 2 rings (SSSR count). The molecule has 0 atom stereocenters. The number of nitrogens with one attached hydrogen (secondary N) is 1. The van der Waals surface area contributed by atoms with E-state index in [2.05, 4.69) is 10.8 Å². The first-order valence-electron chi connectivity index (χ1n) is 7.67. The summed E-state index contributed by atoms with van der Waals surface area (Å²) in [4.78, 5) is 0.127. The Bertz CT molecular complexity index is 796. The average Bonchev–Trinajstić information content (AvgIpc) is 2.50. The van der Waals surface area contributed by atoms with Crippen LogP contribution < -0.4 is 14.2 Å². The van der Waals surface area contributed by atoms with Crippen LogP contribution in [0.25, 0.3) is 0 Å². The highest BCUT2D eigenvalue weighted by atomic mass is 32.2. The van der Waals surface area contributed by atoms with Crippen LogP contribution in [-0.4, -0.2) is 28.7 Å². The maximum Gasteiger partial charge on any atom is 0.244 e. The van der Waals surface area contributed by atoms with E-state index in [4.69, 9.17) is 9.47 Å². The van der Waals surface area contributed by atoms with Crippen molar-refractivity contribution in [3.63, 3.8) is 0 Å². The van der Waals surface area contributed by atoms with Crippen molar-refractivity contribution in [3.05, 3.63) is 53.1 Å². The molecule has 130 valence electrons. The second kappa shape index (κ2) is 7.68. The predicted molar refractivity (Wildman–Crippen MR) is 94.3 cm³/mol. The summed E-state index contributed by atoms with van der Waals surface area (Å²) in [5, 5.41) is 0. The molecule has 0 amide bonds. The molecule has 0 unspecified atom stereocenters. The number of hydrogen-bond acceptors (Lipinski definition) is 4. The molecule has 0 radical (unpaired) electrons. The molecule has 0 spiro atoms. The fourth-order valence-electron chi connectivity index (χ4n) is 2.44. The summed E-state index contributed by atoms with van der Waals surface area (Å²) in [5.41, 5.74) is 3.15. The van der Waals surface area contributed by atoms with E-state index in [1.165, 1.54) is 7.11 Å². The highest BCUT2D eigenvalue weighted by Crippen LogP contribution is 2.24. The lowest BCUT2D eigenvalue weighted by atomic mass is 10.1. The minimum absolute atomic E-state index is 0.127. The lowest BCUT2D eigenvalue weighted by molar-refractivity contribution is 0.322. The van der Waals surface area contributed by atoms with Gasteiger partial charge >= 0.3 is 0 Å². The van der Waals surface area contributed by atoms with Crippen molar-refractivity contribution in [2.24, 2.45) is 0 Å². The maximum absolute atomic E-state index is 12.4. The summed E-state index contributed by atoms with van der Waals surface area (Å²) in [6.07, 6.45) is 0. The van der Waals surface area contributed by atoms with Crippen LogP contribution in [0.2, 0.25) is 0 Å². The van der Waals surface area contributed by atoms with Crippen LogP contribution in [0.1, 0.15) is 16.7 Å². The van der Waals surface area contributed by atoms with Gasteiger partial charge in [0.25, 0.3) is 0 Å². The van der Waals surface area contributed by atoms with Gasteiger partial charge in [0.05, 0.1) is 7.11 Å². The molecule has 0 aliphatic carbocycles. The first-order chi connectivity index (χ1) is 11.3. The van der Waals surface area contributed by atoms with Gasteiger partial charge in [0.15, 0.2) is 0 Å². The molecule has 0 fully saturated rings. The van der Waals surface area contributed by atoms with Crippen LogP contribution in [0, 0.1) is 20.8 Å². The molecule has 6 heteroatoms. The van der Waals surface area contributed by atoms with Crippen LogP contribution in [0.4, 0.5) is 0 Å². The summed E-state index contributed by atoms with van der Waals surface area (Å²) in [7, 11) is -2.19. The van der Waals surface area contributed by atoms with E-state index < -0.39 is 10.0 Å². The van der Waals surface area contributed by atoms with Crippen molar-refractivity contribution in [2.75, 3.05) is 20.3 Å². The number of benzene rings is 2. The normalized spacial score (nSPS) is 11.3. The number of aryl methyl sites for hydroxylation is 3. The van der Waals surface area contributed by atoms with Crippen LogP contribution in [0.5, 0.6) is 11.5 Å². The number of rotatable bonds is 7. The number of hydrogen-bond donors (Lipinski definition) is 1. The minimum atomic E-state index is -3.65. The first kappa shape index (κ1) is 18.3. The molecular formula is C18H23NO4S. The molecule has 24 heavy (non-hydrogen) atoms. The topological polar surface area (TPSA) is 64.6 Å². The Morgan fingerprint density at radius 3 is 2.25 bits per heavy atom. The Hall–Kier alpha value is -2.05. The second-order valence-corrected chi connectivity index (χ2v) is 7.46. The molecule has 0 saturated carbocycles. The van der Waals surface area contributed by atoms with Crippen molar-refractivity contribution in [1.82, 2.24) is 4.72 Å². The van der Waals surface area contributed by atoms with E-state index in [1.807, 2.05) is 32.9 Å². The monoisotopic (exact) mass is 349 g/mol. The van der Waals surface area contributed by atoms with E-state index in [0.717, 1.165) is 22.4 Å². The molecule has 2 aromatic carbocycles. The van der Waals surface area contributed by atoms with Crippen molar-refractivity contribution in [3.8, 4) is 11.5 Å². The van der Waals surface area contributed by atoms with E-state index >= 15 is 0 Å². The largest absolute Gasteiger partial charge is 0.495 e. The number of sulfonamides is 1. The Kier molecular flexibility index (Phi) is 5.85. The first-order valence-corrected chi connectivity index (χ1v) is 9.15. The standard InChI is InChI=1S/C18H23NO4S/c1-13-5-6-18(17(12-13)22-4)24(20,21)19-7-8-23-16-10-14(2)9-15(3)11-16/h5-6,9-12,19H,7-8H2,1-4H3. The smallest absolute Gasteiger partial charge is 0.244 e. The molecule has 2 aromatic rings. The van der Waals surface area contributed by atoms with Crippen LogP contribution in [0.3, 0.4) is 0 Å². The third-order valence-corrected chi connectivity index (χ3v) is 4.97. The lowest BCUT2D eigenvalue weighted by Gasteiger charge is -2.12. The van der Waals surface area contributed by atoms with Gasteiger partial charge in [-0.3, -0.25) is 0 Å². The van der Waals surface area contributed by atoms with Gasteiger partial charge in [-0.05, 0) is 61.7 Å². The van der Waals surface area contributed by atoms with Gasteiger partial charge in [-0.25, -0.2) is 13.1 Å². The van der Waals surface area contributed by atoms with Crippen molar-refractivity contribution < 1.29 is 17.9 Å². The van der Waals surface area contributed by atoms with E-state index in [1.54, 1.807) is 18.2 Å². The predicted octanol–water partition coefficient (Wildman–Crippen LogP) is 2.98. The van der Waals surface area contributed by atoms with E-state index in [-0.39, 0.29) is 18.0 Å². The molecule has 0 saturated heterocycles. The lowest BCUT2D eigenvalue weighted by Crippen LogP contribution is -2.28. The van der Waals surface area contributed by atoms with Gasteiger partial charge in [-0.15, -0.1) is 0 Å². The molecule has 5 nitrogen and oxygen atoms in total. The Labute approximate surface area is 143 Å². The Balaban J connectivity index is 1.98. The molecule has 0 aromatic heterocycles. The summed E-state index contributed by atoms with van der Waals surface area (Å²) in [6.45, 7) is 6.28. The zero-order valence-electron chi connectivity index (χ0n) is 14.4.